The Bertz CT molecular complexity index is 1480. The number of aromatic carboxylic acids is 1. The number of aromatic amines is 1. The number of carbonyl (C=O) groups excluding carboxylic acids is 1. The maximum atomic E-state index is 13.3. The molecule has 3 heterocycles. The number of carboxylic acid groups (broad SMARTS) is 1. The van der Waals surface area contributed by atoms with E-state index in [0.717, 1.165) is 11.3 Å². The summed E-state index contributed by atoms with van der Waals surface area (Å²) in [6.45, 7) is 2.51. The summed E-state index contributed by atoms with van der Waals surface area (Å²) in [5, 5.41) is 13.2. The van der Waals surface area contributed by atoms with Crippen molar-refractivity contribution in [1.29, 1.82) is 0 Å². The average molecular weight is 635 g/mol. The first-order valence-corrected chi connectivity index (χ1v) is 13.2. The number of H-pyrrole nitrogens is 1. The van der Waals surface area contributed by atoms with Gasteiger partial charge in [-0.15, -0.1) is 0 Å². The van der Waals surface area contributed by atoms with Crippen molar-refractivity contribution in [3.05, 3.63) is 66.9 Å². The number of aromatic nitrogens is 2. The number of halogens is 8. The molecular weight excluding hydrogens is 616 g/mol. The zero-order chi connectivity index (χ0) is 29.3. The van der Waals surface area contributed by atoms with Crippen molar-refractivity contribution in [2.45, 2.75) is 31.7 Å². The molecule has 0 bridgehead atoms. The molecular formula is C24H19Cl2F6LiN4O3S. The van der Waals surface area contributed by atoms with Gasteiger partial charge in [-0.25, -0.2) is 9.78 Å². The summed E-state index contributed by atoms with van der Waals surface area (Å²) in [7, 11) is 0. The summed E-state index contributed by atoms with van der Waals surface area (Å²) in [6.07, 6.45) is -10.6. The van der Waals surface area contributed by atoms with Crippen molar-refractivity contribution in [3.8, 4) is 0 Å². The molecule has 0 spiro atoms. The first-order valence-electron chi connectivity index (χ1n) is 11.6. The van der Waals surface area contributed by atoms with E-state index >= 15 is 0 Å². The minimum absolute atomic E-state index is 0. The Morgan fingerprint density at radius 2 is 1.63 bits per heavy atom. The Hall–Kier alpha value is -2.37. The summed E-state index contributed by atoms with van der Waals surface area (Å²) >= 11 is 12.9. The SMILES string of the molecule is Cc1[nH]c(C(=O)N[C@H]2[C@@H]3CN(c4nc(Cc5cc(C(F)(F)F)cc(C(F)(F)F)c5)c(C(=O)O)s4)C[C@@H]32)c(Cl)c1Cl.[LiH]. The topological polar surface area (TPSA) is 98.3 Å². The molecule has 3 atom stereocenters. The van der Waals surface area contributed by atoms with Crippen LogP contribution in [0.3, 0.4) is 0 Å². The molecule has 216 valence electrons. The number of piperidine rings is 1. The Morgan fingerprint density at radius 1 is 1.07 bits per heavy atom. The van der Waals surface area contributed by atoms with Crippen LogP contribution in [0.2, 0.25) is 10.0 Å². The van der Waals surface area contributed by atoms with Crippen molar-refractivity contribution in [2.75, 3.05) is 18.0 Å². The van der Waals surface area contributed by atoms with Crippen LogP contribution in [0, 0.1) is 18.8 Å². The number of hydrogen-bond acceptors (Lipinski definition) is 5. The van der Waals surface area contributed by atoms with Gasteiger partial charge in [-0.2, -0.15) is 26.3 Å². The Balaban J connectivity index is 0.00000387. The van der Waals surface area contributed by atoms with Gasteiger partial charge in [0.1, 0.15) is 10.6 Å². The predicted octanol–water partition coefficient (Wildman–Crippen LogP) is 5.63. The molecule has 1 aliphatic heterocycles. The molecule has 1 saturated heterocycles. The first kappa shape index (κ1) is 31.6. The quantitative estimate of drug-likeness (QED) is 0.241. The molecule has 2 fully saturated rings. The van der Waals surface area contributed by atoms with Crippen molar-refractivity contribution in [3.63, 3.8) is 0 Å². The van der Waals surface area contributed by atoms with E-state index in [1.165, 1.54) is 0 Å². The summed E-state index contributed by atoms with van der Waals surface area (Å²) in [5.74, 6) is -1.75. The fraction of sp³-hybridized carbons (Fsp3) is 0.375. The summed E-state index contributed by atoms with van der Waals surface area (Å²) < 4.78 is 79.5. The Kier molecular flexibility index (Phi) is 8.50. The third-order valence-electron chi connectivity index (χ3n) is 6.94. The van der Waals surface area contributed by atoms with Crippen molar-refractivity contribution < 1.29 is 41.0 Å². The van der Waals surface area contributed by atoms with E-state index in [9.17, 15) is 41.0 Å². The number of nitrogens with zero attached hydrogens (tertiary/aromatic N) is 2. The number of carboxylic acids is 1. The summed E-state index contributed by atoms with van der Waals surface area (Å²) in [4.78, 5) is 33.1. The monoisotopic (exact) mass is 634 g/mol. The minimum atomic E-state index is -5.03. The second kappa shape index (κ2) is 11.0. The van der Waals surface area contributed by atoms with Gasteiger partial charge in [0.25, 0.3) is 5.91 Å². The second-order valence-electron chi connectivity index (χ2n) is 9.65. The summed E-state index contributed by atoms with van der Waals surface area (Å²) in [5.41, 5.74) is -2.80. The molecule has 3 aromatic rings. The van der Waals surface area contributed by atoms with Gasteiger partial charge >= 0.3 is 37.2 Å². The summed E-state index contributed by atoms with van der Waals surface area (Å²) in [6, 6.07) is 0.970. The number of rotatable bonds is 6. The number of aryl methyl sites for hydroxylation is 1. The number of benzene rings is 1. The van der Waals surface area contributed by atoms with Gasteiger partial charge in [0.15, 0.2) is 5.13 Å². The predicted molar refractivity (Wildman–Crippen MR) is 141 cm³/mol. The van der Waals surface area contributed by atoms with Crippen LogP contribution in [-0.4, -0.2) is 64.9 Å². The number of anilines is 1. The second-order valence-corrected chi connectivity index (χ2v) is 11.4. The van der Waals surface area contributed by atoms with Gasteiger partial charge in [-0.3, -0.25) is 4.79 Å². The molecule has 1 amide bonds. The molecule has 7 nitrogen and oxygen atoms in total. The van der Waals surface area contributed by atoms with Crippen LogP contribution in [0.5, 0.6) is 0 Å². The van der Waals surface area contributed by atoms with Crippen LogP contribution in [0.15, 0.2) is 18.2 Å². The molecule has 41 heavy (non-hydrogen) atoms. The first-order chi connectivity index (χ1) is 18.5. The van der Waals surface area contributed by atoms with E-state index < -0.39 is 41.8 Å². The van der Waals surface area contributed by atoms with Crippen LogP contribution >= 0.6 is 34.5 Å². The molecule has 1 aromatic carbocycles. The number of carbonyl (C=O) groups is 2. The van der Waals surface area contributed by atoms with E-state index in [-0.39, 0.29) is 79.8 Å². The molecule has 0 unspecified atom stereocenters. The average Bonchev–Trinajstić information content (AvgIpc) is 3.21. The van der Waals surface area contributed by atoms with E-state index in [2.05, 4.69) is 15.3 Å². The van der Waals surface area contributed by atoms with Crippen molar-refractivity contribution >= 4 is 70.4 Å². The Morgan fingerprint density at radius 3 is 2.10 bits per heavy atom. The maximum absolute atomic E-state index is 13.3. The third-order valence-corrected chi connectivity index (χ3v) is 9.04. The van der Waals surface area contributed by atoms with Gasteiger partial charge in [-0.1, -0.05) is 34.5 Å². The number of hydrogen-bond donors (Lipinski definition) is 3. The number of amides is 1. The zero-order valence-electron chi connectivity index (χ0n) is 20.2. The Labute approximate surface area is 254 Å². The molecule has 2 aromatic heterocycles. The van der Waals surface area contributed by atoms with Gasteiger partial charge < -0.3 is 20.3 Å². The molecule has 17 heteroatoms. The van der Waals surface area contributed by atoms with E-state index in [0.29, 0.717) is 30.9 Å². The fourth-order valence-corrected chi connectivity index (χ4v) is 6.28. The third kappa shape index (κ3) is 6.22. The van der Waals surface area contributed by atoms with Gasteiger partial charge in [0.05, 0.1) is 26.9 Å². The van der Waals surface area contributed by atoms with Crippen LogP contribution in [0.4, 0.5) is 31.5 Å². The van der Waals surface area contributed by atoms with Crippen LogP contribution < -0.4 is 10.2 Å². The molecule has 1 saturated carbocycles. The van der Waals surface area contributed by atoms with Gasteiger partial charge in [-0.05, 0) is 30.7 Å². The number of thiazole rings is 1. The van der Waals surface area contributed by atoms with Crippen LogP contribution in [0.25, 0.3) is 0 Å². The van der Waals surface area contributed by atoms with Gasteiger partial charge in [0.2, 0.25) is 0 Å². The molecule has 5 rings (SSSR count). The number of nitrogens with one attached hydrogen (secondary N) is 2. The number of fused-ring (bicyclic) bond motifs is 1. The zero-order valence-corrected chi connectivity index (χ0v) is 22.5. The van der Waals surface area contributed by atoms with E-state index in [4.69, 9.17) is 23.2 Å². The van der Waals surface area contributed by atoms with Crippen LogP contribution in [0.1, 0.15) is 48.2 Å². The molecule has 1 aliphatic carbocycles. The molecule has 3 N–H and O–H groups in total. The van der Waals surface area contributed by atoms with E-state index in [1.54, 1.807) is 11.8 Å². The fourth-order valence-electron chi connectivity index (χ4n) is 4.92. The van der Waals surface area contributed by atoms with Crippen molar-refractivity contribution in [2.24, 2.45) is 11.8 Å². The van der Waals surface area contributed by atoms with Crippen LogP contribution in [-0.2, 0) is 18.8 Å². The van der Waals surface area contributed by atoms with Crippen molar-refractivity contribution in [1.82, 2.24) is 15.3 Å². The number of alkyl halides is 6. The normalized spacial score (nSPS) is 20.0. The molecule has 0 radical (unpaired) electrons. The molecule has 2 aliphatic rings. The van der Waals surface area contributed by atoms with E-state index in [1.807, 2.05) is 0 Å². The standard InChI is InChI=1S/C24H18Cl2F6N4O3S.Li.H/c1-8-15(25)16(26)18(33-8)20(37)35-17-12-6-36(7-13(12)17)22-34-14(19(40-22)21(38)39)4-9-2-10(23(27,28)29)5-11(3-9)24(30,31)32;;/h2-3,5,12-13,17,33H,4,6-7H2,1H3,(H,35,37)(H,38,39);;/t12-,13+,17+;;. The van der Waals surface area contributed by atoms with Gasteiger partial charge in [0, 0.05) is 43.1 Å².